The van der Waals surface area contributed by atoms with E-state index in [2.05, 4.69) is 4.98 Å². The van der Waals surface area contributed by atoms with Crippen molar-refractivity contribution in [3.8, 4) is 0 Å². The summed E-state index contributed by atoms with van der Waals surface area (Å²) >= 11 is 0. The zero-order valence-corrected chi connectivity index (χ0v) is 11.2. The predicted octanol–water partition coefficient (Wildman–Crippen LogP) is 2.01. The number of amides is 1. The van der Waals surface area contributed by atoms with Crippen LogP contribution in [0.5, 0.6) is 0 Å². The van der Waals surface area contributed by atoms with E-state index in [9.17, 15) is 9.90 Å². The maximum Gasteiger partial charge on any atom is 0.270 e. The summed E-state index contributed by atoms with van der Waals surface area (Å²) in [6.07, 6.45) is 0. The van der Waals surface area contributed by atoms with Gasteiger partial charge in [-0.05, 0) is 18.1 Å². The summed E-state index contributed by atoms with van der Waals surface area (Å²) in [7, 11) is 0. The minimum absolute atomic E-state index is 0.0403. The summed E-state index contributed by atoms with van der Waals surface area (Å²) in [5.74, 6) is 0.126. The van der Waals surface area contributed by atoms with Gasteiger partial charge in [-0.25, -0.2) is 0 Å². The Hall–Kier alpha value is -1.81. The molecule has 100 valence electrons. The van der Waals surface area contributed by atoms with E-state index < -0.39 is 5.60 Å². The molecule has 1 fully saturated rings. The van der Waals surface area contributed by atoms with E-state index in [0.29, 0.717) is 18.8 Å². The average Bonchev–Trinajstić information content (AvgIpc) is 2.77. The molecule has 1 amide bonds. The van der Waals surface area contributed by atoms with Crippen molar-refractivity contribution in [2.45, 2.75) is 19.4 Å². The van der Waals surface area contributed by atoms with Crippen LogP contribution in [0.15, 0.2) is 30.3 Å². The van der Waals surface area contributed by atoms with E-state index in [1.54, 1.807) is 4.90 Å². The van der Waals surface area contributed by atoms with Crippen LogP contribution in [0.4, 0.5) is 0 Å². The van der Waals surface area contributed by atoms with Gasteiger partial charge in [0.15, 0.2) is 0 Å². The first-order valence-electron chi connectivity index (χ1n) is 6.59. The van der Waals surface area contributed by atoms with Crippen LogP contribution in [0.1, 0.15) is 24.3 Å². The molecule has 1 aliphatic heterocycles. The van der Waals surface area contributed by atoms with Gasteiger partial charge in [-0.15, -0.1) is 0 Å². The van der Waals surface area contributed by atoms with Gasteiger partial charge in [0.25, 0.3) is 5.91 Å². The minimum atomic E-state index is -0.721. The van der Waals surface area contributed by atoms with E-state index in [1.807, 2.05) is 44.2 Å². The Labute approximate surface area is 112 Å². The lowest BCUT2D eigenvalue weighted by Gasteiger charge is -2.48. The van der Waals surface area contributed by atoms with Crippen molar-refractivity contribution < 1.29 is 9.90 Å². The number of nitrogens with zero attached hydrogens (tertiary/aromatic N) is 1. The number of H-pyrrole nitrogens is 1. The molecule has 2 heterocycles. The molecule has 0 atom stereocenters. The van der Waals surface area contributed by atoms with E-state index in [1.165, 1.54) is 0 Å². The maximum atomic E-state index is 12.3. The minimum Gasteiger partial charge on any atom is -0.386 e. The molecule has 4 heteroatoms. The Balaban J connectivity index is 1.79. The Bertz CT molecular complexity index is 591. The van der Waals surface area contributed by atoms with E-state index in [-0.39, 0.29) is 11.8 Å². The fourth-order valence-corrected chi connectivity index (χ4v) is 2.48. The third-order valence-electron chi connectivity index (χ3n) is 4.05. The number of hydrogen-bond acceptors (Lipinski definition) is 2. The highest BCUT2D eigenvalue weighted by atomic mass is 16.3. The van der Waals surface area contributed by atoms with E-state index in [4.69, 9.17) is 0 Å². The number of aromatic amines is 1. The number of fused-ring (bicyclic) bond motifs is 1. The Morgan fingerprint density at radius 3 is 2.68 bits per heavy atom. The van der Waals surface area contributed by atoms with Crippen molar-refractivity contribution in [3.05, 3.63) is 36.0 Å². The number of carbonyl (C=O) groups excluding carboxylic acids is 1. The highest BCUT2D eigenvalue weighted by Crippen LogP contribution is 2.30. The summed E-state index contributed by atoms with van der Waals surface area (Å²) in [6, 6.07) is 9.68. The fourth-order valence-electron chi connectivity index (χ4n) is 2.48. The van der Waals surface area contributed by atoms with Crippen molar-refractivity contribution >= 4 is 16.8 Å². The molecule has 0 bridgehead atoms. The molecule has 2 aromatic rings. The number of nitrogens with one attached hydrogen (secondary N) is 1. The van der Waals surface area contributed by atoms with Gasteiger partial charge in [0, 0.05) is 10.9 Å². The van der Waals surface area contributed by atoms with Crippen molar-refractivity contribution in [3.63, 3.8) is 0 Å². The van der Waals surface area contributed by atoms with Gasteiger partial charge in [-0.2, -0.15) is 0 Å². The summed E-state index contributed by atoms with van der Waals surface area (Å²) < 4.78 is 0. The number of para-hydroxylation sites is 1. The van der Waals surface area contributed by atoms with E-state index in [0.717, 1.165) is 10.9 Å². The van der Waals surface area contributed by atoms with E-state index >= 15 is 0 Å². The normalized spacial score (nSPS) is 17.8. The van der Waals surface area contributed by atoms with Crippen LogP contribution in [-0.4, -0.2) is 39.6 Å². The second-order valence-corrected chi connectivity index (χ2v) is 5.69. The zero-order chi connectivity index (χ0) is 13.6. The van der Waals surface area contributed by atoms with Crippen molar-refractivity contribution in [1.29, 1.82) is 0 Å². The Morgan fingerprint density at radius 1 is 1.37 bits per heavy atom. The van der Waals surface area contributed by atoms with Crippen LogP contribution in [0.2, 0.25) is 0 Å². The molecule has 0 saturated carbocycles. The molecule has 3 rings (SSSR count). The SMILES string of the molecule is CC(C)C1(O)CN(C(=O)c2cc3ccccc3[nH]2)C1. The van der Waals surface area contributed by atoms with Crippen LogP contribution in [0.25, 0.3) is 10.9 Å². The molecule has 0 unspecified atom stereocenters. The average molecular weight is 258 g/mol. The van der Waals surface area contributed by atoms with Gasteiger partial charge in [0.05, 0.1) is 13.1 Å². The molecular formula is C15H18N2O2. The molecule has 1 aromatic heterocycles. The van der Waals surface area contributed by atoms with Crippen LogP contribution in [0, 0.1) is 5.92 Å². The summed E-state index contributed by atoms with van der Waals surface area (Å²) in [6.45, 7) is 4.78. The third kappa shape index (κ3) is 1.92. The third-order valence-corrected chi connectivity index (χ3v) is 4.05. The summed E-state index contributed by atoms with van der Waals surface area (Å²) in [5.41, 5.74) is 0.833. The molecule has 2 N–H and O–H groups in total. The number of hydrogen-bond donors (Lipinski definition) is 2. The number of aromatic nitrogens is 1. The predicted molar refractivity (Wildman–Crippen MR) is 74.0 cm³/mol. The van der Waals surface area contributed by atoms with Gasteiger partial charge in [-0.3, -0.25) is 4.79 Å². The number of aliphatic hydroxyl groups is 1. The topological polar surface area (TPSA) is 56.3 Å². The smallest absolute Gasteiger partial charge is 0.270 e. The lowest BCUT2D eigenvalue weighted by atomic mass is 9.83. The first-order valence-corrected chi connectivity index (χ1v) is 6.59. The largest absolute Gasteiger partial charge is 0.386 e. The molecule has 1 aliphatic rings. The molecule has 1 aromatic carbocycles. The van der Waals surface area contributed by atoms with Crippen LogP contribution >= 0.6 is 0 Å². The van der Waals surface area contributed by atoms with Crippen molar-refractivity contribution in [2.75, 3.05) is 13.1 Å². The standard InChI is InChI=1S/C15H18N2O2/c1-10(2)15(19)8-17(9-15)14(18)13-7-11-5-3-4-6-12(11)16-13/h3-7,10,16,19H,8-9H2,1-2H3. The molecule has 19 heavy (non-hydrogen) atoms. The molecule has 0 spiro atoms. The highest BCUT2D eigenvalue weighted by molar-refractivity contribution is 5.98. The number of benzene rings is 1. The molecule has 1 saturated heterocycles. The molecule has 0 aliphatic carbocycles. The van der Waals surface area contributed by atoms with Crippen molar-refractivity contribution in [2.24, 2.45) is 5.92 Å². The van der Waals surface area contributed by atoms with Crippen LogP contribution < -0.4 is 0 Å². The van der Waals surface area contributed by atoms with Crippen LogP contribution in [-0.2, 0) is 0 Å². The molecular weight excluding hydrogens is 240 g/mol. The highest BCUT2D eigenvalue weighted by Gasteiger charge is 2.46. The Morgan fingerprint density at radius 2 is 2.05 bits per heavy atom. The zero-order valence-electron chi connectivity index (χ0n) is 11.2. The molecule has 0 radical (unpaired) electrons. The number of carbonyl (C=O) groups is 1. The van der Waals surface area contributed by atoms with Crippen molar-refractivity contribution in [1.82, 2.24) is 9.88 Å². The monoisotopic (exact) mass is 258 g/mol. The van der Waals surface area contributed by atoms with Gasteiger partial charge in [-0.1, -0.05) is 32.0 Å². The second kappa shape index (κ2) is 4.10. The van der Waals surface area contributed by atoms with Gasteiger partial charge >= 0.3 is 0 Å². The number of likely N-dealkylation sites (tertiary alicyclic amines) is 1. The van der Waals surface area contributed by atoms with Gasteiger partial charge in [0.2, 0.25) is 0 Å². The Kier molecular flexibility index (Phi) is 2.64. The number of rotatable bonds is 2. The maximum absolute atomic E-state index is 12.3. The first kappa shape index (κ1) is 12.2. The summed E-state index contributed by atoms with van der Waals surface area (Å²) in [4.78, 5) is 17.1. The summed E-state index contributed by atoms with van der Waals surface area (Å²) in [5, 5.41) is 11.2. The fraction of sp³-hybridized carbons (Fsp3) is 0.400. The molecule has 4 nitrogen and oxygen atoms in total. The lowest BCUT2D eigenvalue weighted by Crippen LogP contribution is -2.66. The lowest BCUT2D eigenvalue weighted by molar-refractivity contribution is -0.111. The number of β-amino-alcohol motifs (C(OH)–C–C–N with tert-alkyl or cyclic N) is 1. The van der Waals surface area contributed by atoms with Crippen LogP contribution in [0.3, 0.4) is 0 Å². The first-order chi connectivity index (χ1) is 8.99. The quantitative estimate of drug-likeness (QED) is 0.865. The van der Waals surface area contributed by atoms with Gasteiger partial charge in [0.1, 0.15) is 11.3 Å². The second-order valence-electron chi connectivity index (χ2n) is 5.69. The van der Waals surface area contributed by atoms with Gasteiger partial charge < -0.3 is 15.0 Å².